The molecule has 0 spiro atoms. The fraction of sp³-hybridized carbons (Fsp3) is 0.364. The molecule has 0 heterocycles. The van der Waals surface area contributed by atoms with Gasteiger partial charge in [0.05, 0.1) is 0 Å². The first kappa shape index (κ1) is 18.0. The Morgan fingerprint density at radius 3 is 2.56 bits per heavy atom. The monoisotopic (exact) mass is 355 g/mol. The number of ether oxygens (including phenoxy) is 1. The largest absolute Gasteiger partial charge is 0.489 e. The normalized spacial score (nSPS) is 14.2. The third-order valence-corrected chi connectivity index (χ3v) is 5.01. The van der Waals surface area contributed by atoms with E-state index >= 15 is 0 Å². The van der Waals surface area contributed by atoms with Gasteiger partial charge in [0.1, 0.15) is 12.4 Å². The van der Waals surface area contributed by atoms with Gasteiger partial charge in [-0.25, -0.2) is 0 Å². The Hall–Kier alpha value is -1.77. The summed E-state index contributed by atoms with van der Waals surface area (Å²) in [5, 5.41) is 4.30. The van der Waals surface area contributed by atoms with Crippen molar-refractivity contribution < 1.29 is 4.74 Å². The van der Waals surface area contributed by atoms with Crippen LogP contribution >= 0.6 is 11.6 Å². The van der Waals surface area contributed by atoms with Gasteiger partial charge in [0.25, 0.3) is 0 Å². The standard InChI is InChI=1S/C22H26ClNO/c23-21-12-6-4-11-20(21)17-25-22-13-7-5-10-19(22)16-24-15-14-18-8-2-1-3-9-18/h4-8,10-13,24H,1-3,9,14-17H2. The SMILES string of the molecule is Clc1ccccc1COc1ccccc1CNCCC1=CCCCC1. The molecule has 1 aliphatic rings. The van der Waals surface area contributed by atoms with Crippen molar-refractivity contribution in [1.29, 1.82) is 0 Å². The molecule has 0 atom stereocenters. The van der Waals surface area contributed by atoms with Gasteiger partial charge < -0.3 is 10.1 Å². The lowest BCUT2D eigenvalue weighted by Gasteiger charge is -2.15. The lowest BCUT2D eigenvalue weighted by atomic mass is 9.97. The average molecular weight is 356 g/mol. The summed E-state index contributed by atoms with van der Waals surface area (Å²) in [6.45, 7) is 2.33. The molecule has 2 aromatic rings. The highest BCUT2D eigenvalue weighted by Crippen LogP contribution is 2.22. The minimum atomic E-state index is 0.490. The second-order valence-electron chi connectivity index (χ2n) is 6.52. The molecule has 0 amide bonds. The Morgan fingerprint density at radius 2 is 1.76 bits per heavy atom. The van der Waals surface area contributed by atoms with Crippen LogP contribution in [0.15, 0.2) is 60.2 Å². The van der Waals surface area contributed by atoms with E-state index in [9.17, 15) is 0 Å². The number of rotatable bonds is 8. The van der Waals surface area contributed by atoms with E-state index in [1.54, 1.807) is 5.57 Å². The van der Waals surface area contributed by atoms with Crippen molar-refractivity contribution in [2.24, 2.45) is 0 Å². The van der Waals surface area contributed by atoms with Gasteiger partial charge in [-0.05, 0) is 50.8 Å². The molecule has 1 aliphatic carbocycles. The molecule has 2 aromatic carbocycles. The molecule has 0 radical (unpaired) electrons. The lowest BCUT2D eigenvalue weighted by Crippen LogP contribution is -2.16. The van der Waals surface area contributed by atoms with Crippen molar-refractivity contribution in [3.63, 3.8) is 0 Å². The molecule has 132 valence electrons. The van der Waals surface area contributed by atoms with Crippen LogP contribution in [-0.4, -0.2) is 6.54 Å². The van der Waals surface area contributed by atoms with Gasteiger partial charge in [-0.15, -0.1) is 0 Å². The van der Waals surface area contributed by atoms with E-state index < -0.39 is 0 Å². The van der Waals surface area contributed by atoms with Gasteiger partial charge in [-0.1, -0.05) is 59.6 Å². The van der Waals surface area contributed by atoms with Crippen molar-refractivity contribution in [1.82, 2.24) is 5.32 Å². The second-order valence-corrected chi connectivity index (χ2v) is 6.93. The first-order valence-electron chi connectivity index (χ1n) is 9.15. The van der Waals surface area contributed by atoms with Crippen LogP contribution in [0.2, 0.25) is 5.02 Å². The molecular formula is C22H26ClNO. The first-order valence-corrected chi connectivity index (χ1v) is 9.53. The van der Waals surface area contributed by atoms with Gasteiger partial charge in [0, 0.05) is 22.7 Å². The van der Waals surface area contributed by atoms with E-state index in [2.05, 4.69) is 23.5 Å². The van der Waals surface area contributed by atoms with Crippen molar-refractivity contribution in [3.8, 4) is 5.75 Å². The van der Waals surface area contributed by atoms with E-state index in [0.717, 1.165) is 35.8 Å². The predicted octanol–water partition coefficient (Wildman–Crippen LogP) is 5.90. The summed E-state index contributed by atoms with van der Waals surface area (Å²) < 4.78 is 6.02. The zero-order valence-electron chi connectivity index (χ0n) is 14.6. The van der Waals surface area contributed by atoms with E-state index in [0.29, 0.717) is 6.61 Å². The zero-order valence-corrected chi connectivity index (χ0v) is 15.4. The highest BCUT2D eigenvalue weighted by Gasteiger charge is 2.06. The Labute approximate surface area is 155 Å². The molecule has 0 aromatic heterocycles. The summed E-state index contributed by atoms with van der Waals surface area (Å²) >= 11 is 6.21. The summed E-state index contributed by atoms with van der Waals surface area (Å²) in [5.41, 5.74) is 3.81. The molecule has 3 heteroatoms. The zero-order chi connectivity index (χ0) is 17.3. The second kappa shape index (κ2) is 9.65. The number of nitrogens with one attached hydrogen (secondary N) is 1. The van der Waals surface area contributed by atoms with E-state index in [1.807, 2.05) is 36.4 Å². The molecule has 0 bridgehead atoms. The molecular weight excluding hydrogens is 330 g/mol. The highest BCUT2D eigenvalue weighted by atomic mass is 35.5. The molecule has 3 rings (SSSR count). The quantitative estimate of drug-likeness (QED) is 0.470. The molecule has 0 aliphatic heterocycles. The van der Waals surface area contributed by atoms with Gasteiger partial charge in [0.15, 0.2) is 0 Å². The minimum absolute atomic E-state index is 0.490. The Bertz CT molecular complexity index is 711. The summed E-state index contributed by atoms with van der Waals surface area (Å²) in [6, 6.07) is 16.0. The third-order valence-electron chi connectivity index (χ3n) is 4.64. The Morgan fingerprint density at radius 1 is 0.960 bits per heavy atom. The molecule has 2 nitrogen and oxygen atoms in total. The van der Waals surface area contributed by atoms with Crippen molar-refractivity contribution in [2.75, 3.05) is 6.54 Å². The van der Waals surface area contributed by atoms with Crippen molar-refractivity contribution >= 4 is 11.6 Å². The number of hydrogen-bond donors (Lipinski definition) is 1. The number of para-hydroxylation sites is 1. The van der Waals surface area contributed by atoms with Crippen molar-refractivity contribution in [3.05, 3.63) is 76.3 Å². The molecule has 1 N–H and O–H groups in total. The summed E-state index contributed by atoms with van der Waals surface area (Å²) in [6.07, 6.45) is 8.82. The van der Waals surface area contributed by atoms with Gasteiger partial charge in [-0.3, -0.25) is 0 Å². The number of halogens is 1. The van der Waals surface area contributed by atoms with Gasteiger partial charge in [0.2, 0.25) is 0 Å². The fourth-order valence-corrected chi connectivity index (χ4v) is 3.36. The molecule has 25 heavy (non-hydrogen) atoms. The maximum absolute atomic E-state index is 6.21. The number of hydrogen-bond acceptors (Lipinski definition) is 2. The maximum Gasteiger partial charge on any atom is 0.124 e. The molecule has 0 saturated carbocycles. The van der Waals surface area contributed by atoms with Crippen LogP contribution in [0.1, 0.15) is 43.2 Å². The first-order chi connectivity index (χ1) is 12.3. The van der Waals surface area contributed by atoms with Crippen LogP contribution in [0, 0.1) is 0 Å². The molecule has 0 saturated heterocycles. The highest BCUT2D eigenvalue weighted by molar-refractivity contribution is 6.31. The van der Waals surface area contributed by atoms with Crippen LogP contribution in [0.25, 0.3) is 0 Å². The smallest absolute Gasteiger partial charge is 0.124 e. The predicted molar refractivity (Wildman–Crippen MR) is 105 cm³/mol. The summed E-state index contributed by atoms with van der Waals surface area (Å²) in [4.78, 5) is 0. The van der Waals surface area contributed by atoms with Gasteiger partial charge in [-0.2, -0.15) is 0 Å². The average Bonchev–Trinajstić information content (AvgIpc) is 2.66. The Kier molecular flexibility index (Phi) is 6.96. The van der Waals surface area contributed by atoms with Crippen LogP contribution in [0.3, 0.4) is 0 Å². The van der Waals surface area contributed by atoms with Crippen LogP contribution in [0.5, 0.6) is 5.75 Å². The molecule has 0 unspecified atom stereocenters. The van der Waals surface area contributed by atoms with Crippen molar-refractivity contribution in [2.45, 2.75) is 45.3 Å². The van der Waals surface area contributed by atoms with Gasteiger partial charge >= 0.3 is 0 Å². The topological polar surface area (TPSA) is 21.3 Å². The minimum Gasteiger partial charge on any atom is -0.489 e. The van der Waals surface area contributed by atoms with Crippen LogP contribution in [-0.2, 0) is 13.2 Å². The lowest BCUT2D eigenvalue weighted by molar-refractivity contribution is 0.302. The fourth-order valence-electron chi connectivity index (χ4n) is 3.17. The van der Waals surface area contributed by atoms with E-state index in [-0.39, 0.29) is 0 Å². The number of allylic oxidation sites excluding steroid dienone is 1. The van der Waals surface area contributed by atoms with Crippen LogP contribution < -0.4 is 10.1 Å². The summed E-state index contributed by atoms with van der Waals surface area (Å²) in [7, 11) is 0. The van der Waals surface area contributed by atoms with E-state index in [1.165, 1.54) is 31.2 Å². The third kappa shape index (κ3) is 5.62. The van der Waals surface area contributed by atoms with Crippen LogP contribution in [0.4, 0.5) is 0 Å². The maximum atomic E-state index is 6.21. The Balaban J connectivity index is 1.50. The number of benzene rings is 2. The van der Waals surface area contributed by atoms with E-state index in [4.69, 9.17) is 16.3 Å². The molecule has 0 fully saturated rings. The summed E-state index contributed by atoms with van der Waals surface area (Å²) in [5.74, 6) is 0.923.